The van der Waals surface area contributed by atoms with Crippen molar-refractivity contribution in [3.63, 3.8) is 0 Å². The van der Waals surface area contributed by atoms with E-state index in [9.17, 15) is 13.6 Å². The van der Waals surface area contributed by atoms with Crippen molar-refractivity contribution in [3.8, 4) is 0 Å². The maximum Gasteiger partial charge on any atom is 0.265 e. The van der Waals surface area contributed by atoms with Crippen LogP contribution < -0.4 is 5.32 Å². The lowest BCUT2D eigenvalue weighted by Crippen LogP contribution is -2.36. The van der Waals surface area contributed by atoms with E-state index >= 15 is 0 Å². The molecule has 0 aliphatic heterocycles. The van der Waals surface area contributed by atoms with Crippen LogP contribution in [0.5, 0.6) is 0 Å². The maximum absolute atomic E-state index is 12.0. The van der Waals surface area contributed by atoms with Crippen LogP contribution in [-0.4, -0.2) is 40.3 Å². The number of alkyl halides is 2. The summed E-state index contributed by atoms with van der Waals surface area (Å²) in [6.45, 7) is 2.75. The number of aryl methyl sites for hydroxylation is 2. The molecule has 5 nitrogen and oxygen atoms in total. The number of aliphatic hydroxyl groups excluding tert-OH is 1. The number of hydrogen-bond donors (Lipinski definition) is 2. The van der Waals surface area contributed by atoms with E-state index in [2.05, 4.69) is 15.5 Å². The predicted molar refractivity (Wildman–Crippen MR) is 55.9 cm³/mol. The van der Waals surface area contributed by atoms with Gasteiger partial charge >= 0.3 is 0 Å². The lowest BCUT2D eigenvalue weighted by molar-refractivity contribution is -0.00270. The summed E-state index contributed by atoms with van der Waals surface area (Å²) in [5, 5.41) is 18.6. The molecular weight excluding hydrogens is 232 g/mol. The van der Waals surface area contributed by atoms with E-state index in [0.717, 1.165) is 0 Å². The van der Waals surface area contributed by atoms with Gasteiger partial charge in [-0.25, -0.2) is 8.78 Å². The van der Waals surface area contributed by atoms with Crippen LogP contribution in [0, 0.1) is 13.8 Å². The molecule has 0 saturated heterocycles. The molecule has 2 N–H and O–H groups in total. The third-order valence-electron chi connectivity index (χ3n) is 2.11. The molecule has 1 heterocycles. The number of hydrogen-bond acceptors (Lipinski definition) is 4. The average Bonchev–Trinajstić information content (AvgIpc) is 2.28. The van der Waals surface area contributed by atoms with Crippen LogP contribution >= 0.6 is 0 Å². The molecule has 0 aromatic carbocycles. The zero-order valence-electron chi connectivity index (χ0n) is 9.44. The molecule has 1 aromatic heterocycles. The van der Waals surface area contributed by atoms with Gasteiger partial charge in [0, 0.05) is 6.54 Å². The number of aliphatic hydroxyl groups is 1. The Morgan fingerprint density at radius 3 is 2.71 bits per heavy atom. The molecule has 0 radical (unpaired) electrons. The molecule has 1 aromatic rings. The van der Waals surface area contributed by atoms with Crippen LogP contribution in [0.3, 0.4) is 0 Å². The standard InChI is InChI=1S/C10H13F2N3O2/c1-5-3-7(6(2)15-14-5)10(17)13-4-8(16)9(11)12/h3,8-9,16H,4H2,1-2H3,(H,13,17). The van der Waals surface area contributed by atoms with Gasteiger partial charge in [0.05, 0.1) is 17.0 Å². The van der Waals surface area contributed by atoms with Gasteiger partial charge in [-0.1, -0.05) is 0 Å². The Kier molecular flexibility index (Phi) is 4.45. The maximum atomic E-state index is 12.0. The second-order valence-corrected chi connectivity index (χ2v) is 3.60. The number of halogens is 2. The van der Waals surface area contributed by atoms with Gasteiger partial charge in [-0.2, -0.15) is 10.2 Å². The Hall–Kier alpha value is -1.63. The molecule has 7 heteroatoms. The highest BCUT2D eigenvalue weighted by atomic mass is 19.3. The third kappa shape index (κ3) is 3.70. The van der Waals surface area contributed by atoms with E-state index in [-0.39, 0.29) is 5.56 Å². The number of nitrogens with zero attached hydrogens (tertiary/aromatic N) is 2. The molecule has 0 aliphatic rings. The van der Waals surface area contributed by atoms with Gasteiger partial charge < -0.3 is 10.4 Å². The molecule has 94 valence electrons. The third-order valence-corrected chi connectivity index (χ3v) is 2.11. The molecule has 0 fully saturated rings. The minimum atomic E-state index is -2.88. The van der Waals surface area contributed by atoms with Crippen LogP contribution in [0.2, 0.25) is 0 Å². The Labute approximate surface area is 96.9 Å². The van der Waals surface area contributed by atoms with Crippen molar-refractivity contribution >= 4 is 5.91 Å². The number of amides is 1. The molecule has 1 unspecified atom stereocenters. The van der Waals surface area contributed by atoms with Gasteiger partial charge in [0.15, 0.2) is 0 Å². The van der Waals surface area contributed by atoms with E-state index in [0.29, 0.717) is 11.4 Å². The average molecular weight is 245 g/mol. The molecule has 0 bridgehead atoms. The van der Waals surface area contributed by atoms with Crippen molar-refractivity contribution in [3.05, 3.63) is 23.0 Å². The fraction of sp³-hybridized carbons (Fsp3) is 0.500. The normalized spacial score (nSPS) is 12.6. The monoisotopic (exact) mass is 245 g/mol. The molecular formula is C10H13F2N3O2. The summed E-state index contributed by atoms with van der Waals surface area (Å²) >= 11 is 0. The van der Waals surface area contributed by atoms with Crippen LogP contribution in [0.25, 0.3) is 0 Å². The molecule has 0 spiro atoms. The largest absolute Gasteiger partial charge is 0.385 e. The predicted octanol–water partition coefficient (Wildman–Crippen LogP) is 0.449. The van der Waals surface area contributed by atoms with Gasteiger partial charge in [0.1, 0.15) is 6.10 Å². The second kappa shape index (κ2) is 5.62. The van der Waals surface area contributed by atoms with E-state index in [1.165, 1.54) is 6.07 Å². The van der Waals surface area contributed by atoms with E-state index in [1.54, 1.807) is 13.8 Å². The number of rotatable bonds is 4. The first-order valence-corrected chi connectivity index (χ1v) is 4.97. The van der Waals surface area contributed by atoms with E-state index < -0.39 is 25.0 Å². The summed E-state index contributed by atoms with van der Waals surface area (Å²) < 4.78 is 24.0. The van der Waals surface area contributed by atoms with Gasteiger partial charge in [0.25, 0.3) is 12.3 Å². The second-order valence-electron chi connectivity index (χ2n) is 3.60. The fourth-order valence-electron chi connectivity index (χ4n) is 1.16. The smallest absolute Gasteiger partial charge is 0.265 e. The number of nitrogens with one attached hydrogen (secondary N) is 1. The zero-order valence-corrected chi connectivity index (χ0v) is 9.44. The van der Waals surface area contributed by atoms with Crippen molar-refractivity contribution in [2.24, 2.45) is 0 Å². The number of carbonyl (C=O) groups excluding carboxylic acids is 1. The van der Waals surface area contributed by atoms with Crippen molar-refractivity contribution in [1.29, 1.82) is 0 Å². The molecule has 17 heavy (non-hydrogen) atoms. The van der Waals surface area contributed by atoms with Crippen molar-refractivity contribution in [2.45, 2.75) is 26.4 Å². The van der Waals surface area contributed by atoms with Gasteiger partial charge in [-0.15, -0.1) is 0 Å². The van der Waals surface area contributed by atoms with Gasteiger partial charge in [0.2, 0.25) is 0 Å². The van der Waals surface area contributed by atoms with Crippen molar-refractivity contribution < 1.29 is 18.7 Å². The van der Waals surface area contributed by atoms with Crippen LogP contribution in [-0.2, 0) is 0 Å². The Morgan fingerprint density at radius 1 is 1.47 bits per heavy atom. The Bertz CT molecular complexity index is 413. The first-order chi connectivity index (χ1) is 7.91. The highest BCUT2D eigenvalue weighted by Gasteiger charge is 2.18. The Morgan fingerprint density at radius 2 is 2.12 bits per heavy atom. The SMILES string of the molecule is Cc1cc(C(=O)NCC(O)C(F)F)c(C)nn1. The van der Waals surface area contributed by atoms with Gasteiger partial charge in [-0.05, 0) is 19.9 Å². The summed E-state index contributed by atoms with van der Waals surface area (Å²) in [5.41, 5.74) is 1.22. The summed E-state index contributed by atoms with van der Waals surface area (Å²) in [7, 11) is 0. The summed E-state index contributed by atoms with van der Waals surface area (Å²) in [5.74, 6) is -0.555. The van der Waals surface area contributed by atoms with E-state index in [1.807, 2.05) is 0 Å². The van der Waals surface area contributed by atoms with Crippen LogP contribution in [0.4, 0.5) is 8.78 Å². The van der Waals surface area contributed by atoms with Crippen LogP contribution in [0.15, 0.2) is 6.07 Å². The topological polar surface area (TPSA) is 75.1 Å². The van der Waals surface area contributed by atoms with Crippen LogP contribution in [0.1, 0.15) is 21.7 Å². The Balaban J connectivity index is 2.67. The minimum absolute atomic E-state index is 0.263. The highest BCUT2D eigenvalue weighted by molar-refractivity contribution is 5.95. The highest BCUT2D eigenvalue weighted by Crippen LogP contribution is 2.05. The molecule has 1 rings (SSSR count). The van der Waals surface area contributed by atoms with Gasteiger partial charge in [-0.3, -0.25) is 4.79 Å². The molecule has 0 aliphatic carbocycles. The van der Waals surface area contributed by atoms with Crippen molar-refractivity contribution in [1.82, 2.24) is 15.5 Å². The minimum Gasteiger partial charge on any atom is -0.385 e. The fourth-order valence-corrected chi connectivity index (χ4v) is 1.16. The molecule has 0 saturated carbocycles. The lowest BCUT2D eigenvalue weighted by atomic mass is 10.2. The summed E-state index contributed by atoms with van der Waals surface area (Å²) in [6, 6.07) is 1.51. The first-order valence-electron chi connectivity index (χ1n) is 4.97. The lowest BCUT2D eigenvalue weighted by Gasteiger charge is -2.11. The quantitative estimate of drug-likeness (QED) is 0.807. The first kappa shape index (κ1) is 13.4. The summed E-state index contributed by atoms with van der Waals surface area (Å²) in [4.78, 5) is 11.6. The number of carbonyl (C=O) groups is 1. The molecule has 1 atom stereocenters. The molecule has 1 amide bonds. The zero-order chi connectivity index (χ0) is 13.0. The van der Waals surface area contributed by atoms with Crippen molar-refractivity contribution in [2.75, 3.05) is 6.54 Å². The summed E-state index contributed by atoms with van der Waals surface area (Å²) in [6.07, 6.45) is -4.75. The number of aromatic nitrogens is 2. The van der Waals surface area contributed by atoms with E-state index in [4.69, 9.17) is 5.11 Å².